The predicted octanol–water partition coefficient (Wildman–Crippen LogP) is 2.92. The number of hydrogen-bond acceptors (Lipinski definition) is 2. The van der Waals surface area contributed by atoms with Gasteiger partial charge in [0.15, 0.2) is 0 Å². The summed E-state index contributed by atoms with van der Waals surface area (Å²) in [4.78, 5) is 0. The molecule has 1 heterocycles. The molecule has 0 aliphatic carbocycles. The molecule has 0 aromatic rings. The molecule has 0 radical (unpaired) electrons. The van der Waals surface area contributed by atoms with E-state index in [4.69, 9.17) is 5.11 Å². The van der Waals surface area contributed by atoms with Crippen LogP contribution in [-0.4, -0.2) is 30.0 Å². The van der Waals surface area contributed by atoms with E-state index in [-0.39, 0.29) is 0 Å². The van der Waals surface area contributed by atoms with Crippen LogP contribution in [0.1, 0.15) is 47.0 Å². The van der Waals surface area contributed by atoms with E-state index in [0.717, 1.165) is 7.11 Å². The van der Waals surface area contributed by atoms with Crippen LogP contribution < -0.4 is 0 Å². The van der Waals surface area contributed by atoms with Gasteiger partial charge in [-0.05, 0) is 12.8 Å². The van der Waals surface area contributed by atoms with Crippen molar-refractivity contribution in [2.75, 3.05) is 20.2 Å². The molecule has 0 aromatic carbocycles. The zero-order valence-corrected chi connectivity index (χ0v) is 11.2. The second-order valence-corrected chi connectivity index (χ2v) is 3.18. The van der Waals surface area contributed by atoms with Crippen LogP contribution >= 0.6 is 9.39 Å². The quantitative estimate of drug-likeness (QED) is 0.620. The van der Waals surface area contributed by atoms with Gasteiger partial charge in [0.2, 0.25) is 0 Å². The Morgan fingerprint density at radius 1 is 1.08 bits per heavy atom. The standard InChI is InChI=1S/C4H10NP.C3H8.C2H6.CH4O/c6-5-3-1-2-4-5;1-3-2;2*1-2/h1-4,6H2;3H2,1-2H3;1-2H3;2H,1H3. The summed E-state index contributed by atoms with van der Waals surface area (Å²) in [7, 11) is 3.71. The van der Waals surface area contributed by atoms with Crippen molar-refractivity contribution in [3.63, 3.8) is 0 Å². The summed E-state index contributed by atoms with van der Waals surface area (Å²) in [6.45, 7) is 10.8. The van der Waals surface area contributed by atoms with Crippen LogP contribution in [0.15, 0.2) is 0 Å². The summed E-state index contributed by atoms with van der Waals surface area (Å²) >= 11 is 0. The third-order valence-electron chi connectivity index (χ3n) is 1.14. The first kappa shape index (κ1) is 19.0. The average Bonchev–Trinajstić information content (AvgIpc) is 2.64. The maximum atomic E-state index is 7.00. The highest BCUT2D eigenvalue weighted by atomic mass is 31.0. The smallest absolute Gasteiger partial charge is 0.0319 e. The Bertz CT molecular complexity index is 56.9. The van der Waals surface area contributed by atoms with E-state index < -0.39 is 0 Å². The molecule has 0 saturated carbocycles. The molecule has 0 spiro atoms. The number of aliphatic hydroxyl groups excluding tert-OH is 1. The van der Waals surface area contributed by atoms with Gasteiger partial charge in [-0.1, -0.05) is 43.5 Å². The first-order chi connectivity index (χ1) is 6.31. The summed E-state index contributed by atoms with van der Waals surface area (Å²) < 4.78 is 2.28. The van der Waals surface area contributed by atoms with Gasteiger partial charge < -0.3 is 5.11 Å². The van der Waals surface area contributed by atoms with E-state index in [1.807, 2.05) is 13.8 Å². The Kier molecular flexibility index (Phi) is 33.4. The SMILES string of the molecule is CC.CCC.CO.PN1CCCC1. The Balaban J connectivity index is -0.000000124. The molecule has 1 N–H and O–H groups in total. The molecule has 0 aromatic heterocycles. The summed E-state index contributed by atoms with van der Waals surface area (Å²) in [5, 5.41) is 7.00. The lowest BCUT2D eigenvalue weighted by atomic mass is 10.4. The van der Waals surface area contributed by atoms with Gasteiger partial charge >= 0.3 is 0 Å². The Morgan fingerprint density at radius 3 is 1.38 bits per heavy atom. The van der Waals surface area contributed by atoms with Crippen LogP contribution in [0.5, 0.6) is 0 Å². The molecule has 13 heavy (non-hydrogen) atoms. The lowest BCUT2D eigenvalue weighted by molar-refractivity contribution is 0.399. The van der Waals surface area contributed by atoms with Crippen LogP contribution in [0, 0.1) is 0 Å². The van der Waals surface area contributed by atoms with E-state index in [1.165, 1.54) is 32.4 Å². The van der Waals surface area contributed by atoms with Crippen LogP contribution in [0.4, 0.5) is 0 Å². The van der Waals surface area contributed by atoms with Gasteiger partial charge in [-0.25, -0.2) is 0 Å². The van der Waals surface area contributed by atoms with Gasteiger partial charge in [-0.2, -0.15) is 0 Å². The average molecular weight is 209 g/mol. The normalized spacial score (nSPS) is 14.1. The third-order valence-corrected chi connectivity index (χ3v) is 1.66. The zero-order valence-electron chi connectivity index (χ0n) is 10.0. The molecule has 1 rings (SSSR count). The van der Waals surface area contributed by atoms with Gasteiger partial charge in [0.05, 0.1) is 0 Å². The number of aliphatic hydroxyl groups is 1. The summed E-state index contributed by atoms with van der Waals surface area (Å²) in [5.41, 5.74) is 0. The summed E-state index contributed by atoms with van der Waals surface area (Å²) in [6.07, 6.45) is 4.03. The fourth-order valence-corrected chi connectivity index (χ4v) is 1.11. The number of rotatable bonds is 0. The maximum Gasteiger partial charge on any atom is 0.0319 e. The van der Waals surface area contributed by atoms with Gasteiger partial charge in [-0.3, -0.25) is 4.67 Å². The van der Waals surface area contributed by atoms with E-state index in [2.05, 4.69) is 27.9 Å². The van der Waals surface area contributed by atoms with Crippen molar-refractivity contribution >= 4 is 9.39 Å². The number of hydrogen-bond donors (Lipinski definition) is 1. The minimum Gasteiger partial charge on any atom is -0.400 e. The van der Waals surface area contributed by atoms with E-state index in [9.17, 15) is 0 Å². The maximum absolute atomic E-state index is 7.00. The summed E-state index contributed by atoms with van der Waals surface area (Å²) in [5.74, 6) is 0. The van der Waals surface area contributed by atoms with Gasteiger partial charge in [0, 0.05) is 20.2 Å². The lowest BCUT2D eigenvalue weighted by Crippen LogP contribution is -2.01. The molecule has 3 heteroatoms. The van der Waals surface area contributed by atoms with Crippen molar-refractivity contribution in [2.45, 2.75) is 47.0 Å². The van der Waals surface area contributed by atoms with Gasteiger partial charge in [0.1, 0.15) is 0 Å². The molecule has 1 fully saturated rings. The Labute approximate surface area is 87.0 Å². The Morgan fingerprint density at radius 2 is 1.31 bits per heavy atom. The van der Waals surface area contributed by atoms with Crippen LogP contribution in [0.25, 0.3) is 0 Å². The predicted molar refractivity (Wildman–Crippen MR) is 66.0 cm³/mol. The van der Waals surface area contributed by atoms with Crippen LogP contribution in [0.3, 0.4) is 0 Å². The summed E-state index contributed by atoms with van der Waals surface area (Å²) in [6, 6.07) is 0. The molecular formula is C10H28NOP. The van der Waals surface area contributed by atoms with Crippen molar-refractivity contribution in [3.05, 3.63) is 0 Å². The van der Waals surface area contributed by atoms with Crippen molar-refractivity contribution < 1.29 is 5.11 Å². The first-order valence-corrected chi connectivity index (χ1v) is 5.77. The van der Waals surface area contributed by atoms with E-state index in [1.54, 1.807) is 0 Å². The monoisotopic (exact) mass is 209 g/mol. The molecule has 1 aliphatic heterocycles. The molecular weight excluding hydrogens is 181 g/mol. The molecule has 0 bridgehead atoms. The van der Waals surface area contributed by atoms with E-state index >= 15 is 0 Å². The van der Waals surface area contributed by atoms with Crippen molar-refractivity contribution in [3.8, 4) is 0 Å². The van der Waals surface area contributed by atoms with Crippen molar-refractivity contribution in [1.29, 1.82) is 0 Å². The zero-order chi connectivity index (χ0) is 11.1. The Hall–Kier alpha value is 0.350. The van der Waals surface area contributed by atoms with Gasteiger partial charge in [0.25, 0.3) is 0 Å². The fraction of sp³-hybridized carbons (Fsp3) is 1.00. The first-order valence-electron chi connectivity index (χ1n) is 5.25. The highest BCUT2D eigenvalue weighted by molar-refractivity contribution is 7.13. The fourth-order valence-electron chi connectivity index (χ4n) is 0.742. The molecule has 84 valence electrons. The molecule has 1 unspecified atom stereocenters. The highest BCUT2D eigenvalue weighted by Gasteiger charge is 2.03. The lowest BCUT2D eigenvalue weighted by Gasteiger charge is -2.00. The second kappa shape index (κ2) is 22.8. The minimum absolute atomic E-state index is 1.00. The molecule has 1 saturated heterocycles. The van der Waals surface area contributed by atoms with Crippen molar-refractivity contribution in [2.24, 2.45) is 0 Å². The molecule has 0 amide bonds. The third kappa shape index (κ3) is 24.5. The molecule has 2 nitrogen and oxygen atoms in total. The van der Waals surface area contributed by atoms with Crippen LogP contribution in [0.2, 0.25) is 0 Å². The highest BCUT2D eigenvalue weighted by Crippen LogP contribution is 2.10. The minimum atomic E-state index is 1.00. The largest absolute Gasteiger partial charge is 0.400 e. The molecule has 1 aliphatic rings. The topological polar surface area (TPSA) is 23.5 Å². The molecule has 1 atom stereocenters. The van der Waals surface area contributed by atoms with Crippen LogP contribution in [-0.2, 0) is 0 Å². The van der Waals surface area contributed by atoms with Gasteiger partial charge in [-0.15, -0.1) is 0 Å². The van der Waals surface area contributed by atoms with Crippen molar-refractivity contribution in [1.82, 2.24) is 4.67 Å². The second-order valence-electron chi connectivity index (χ2n) is 2.45. The number of nitrogens with zero attached hydrogens (tertiary/aromatic N) is 1. The van der Waals surface area contributed by atoms with E-state index in [0.29, 0.717) is 0 Å².